The number of fused-ring (bicyclic) bond motifs is 5. The molecule has 0 spiro atoms. The second kappa shape index (κ2) is 6.17. The molecule has 0 unspecified atom stereocenters. The first kappa shape index (κ1) is 20.6. The third-order valence-electron chi connectivity index (χ3n) is 7.98. The molecule has 3 fully saturated rings. The van der Waals surface area contributed by atoms with Gasteiger partial charge in [0.05, 0.1) is 12.0 Å². The minimum atomic E-state index is -3.39. The van der Waals surface area contributed by atoms with Gasteiger partial charge in [-0.3, -0.25) is 9.59 Å². The molecule has 3 saturated carbocycles. The number of carbonyl (C=O) groups excluding carboxylic acids is 2. The monoisotopic (exact) mass is 414 g/mol. The lowest BCUT2D eigenvalue weighted by atomic mass is 9.45. The van der Waals surface area contributed by atoms with E-state index in [9.17, 15) is 9.59 Å². The number of hydrogen-bond acceptors (Lipinski definition) is 3. The first-order chi connectivity index (χ1) is 13.3. The SMILES string of the molecule is CC(=O)OC[C@@H]1C[C@H]2[C@@H]3CC(F)(F)C4=CC(=O)C=C[C@]4(C)[C@@]3(F)[C@@H](F)C[C@]2(C)C1. The molecule has 3 nitrogen and oxygen atoms in total. The van der Waals surface area contributed by atoms with Gasteiger partial charge in [0.25, 0.3) is 5.92 Å². The van der Waals surface area contributed by atoms with Gasteiger partial charge in [-0.25, -0.2) is 17.6 Å². The quantitative estimate of drug-likeness (QED) is 0.483. The van der Waals surface area contributed by atoms with Crippen LogP contribution in [-0.4, -0.2) is 36.1 Å². The molecule has 0 aromatic heterocycles. The van der Waals surface area contributed by atoms with Gasteiger partial charge in [-0.2, -0.15) is 0 Å². The Morgan fingerprint density at radius 2 is 1.86 bits per heavy atom. The van der Waals surface area contributed by atoms with Crippen molar-refractivity contribution in [3.05, 3.63) is 23.8 Å². The van der Waals surface area contributed by atoms with Crippen LogP contribution in [0.5, 0.6) is 0 Å². The van der Waals surface area contributed by atoms with Gasteiger partial charge >= 0.3 is 5.97 Å². The van der Waals surface area contributed by atoms with Gasteiger partial charge in [-0.15, -0.1) is 0 Å². The molecule has 0 saturated heterocycles. The summed E-state index contributed by atoms with van der Waals surface area (Å²) in [5.41, 5.74) is -5.64. The highest BCUT2D eigenvalue weighted by Gasteiger charge is 2.74. The number of ketones is 1. The molecule has 0 aliphatic heterocycles. The van der Waals surface area contributed by atoms with Crippen molar-refractivity contribution in [1.29, 1.82) is 0 Å². The molecule has 0 bridgehead atoms. The Kier molecular flexibility index (Phi) is 4.39. The van der Waals surface area contributed by atoms with Gasteiger partial charge in [0.2, 0.25) is 0 Å². The zero-order chi connectivity index (χ0) is 21.4. The zero-order valence-electron chi connectivity index (χ0n) is 16.8. The maximum Gasteiger partial charge on any atom is 0.302 e. The van der Waals surface area contributed by atoms with Crippen LogP contribution in [0.15, 0.2) is 23.8 Å². The Hall–Kier alpha value is -1.66. The van der Waals surface area contributed by atoms with Crippen LogP contribution in [0.4, 0.5) is 17.6 Å². The minimum Gasteiger partial charge on any atom is -0.466 e. The summed E-state index contributed by atoms with van der Waals surface area (Å²) in [5.74, 6) is -6.19. The molecule has 4 rings (SSSR count). The number of esters is 1. The molecule has 7 atom stereocenters. The number of halogens is 4. The number of alkyl halides is 4. The molecule has 0 radical (unpaired) electrons. The van der Waals surface area contributed by atoms with Gasteiger partial charge in [-0.1, -0.05) is 13.0 Å². The van der Waals surface area contributed by atoms with Crippen LogP contribution in [-0.2, 0) is 14.3 Å². The Balaban J connectivity index is 1.76. The zero-order valence-corrected chi connectivity index (χ0v) is 16.8. The molecule has 0 aromatic carbocycles. The summed E-state index contributed by atoms with van der Waals surface area (Å²) in [6.45, 7) is 4.56. The number of ether oxygens (including phenoxy) is 1. The van der Waals surface area contributed by atoms with Crippen molar-refractivity contribution in [2.24, 2.45) is 28.6 Å². The highest BCUT2D eigenvalue weighted by atomic mass is 19.3. The summed E-state index contributed by atoms with van der Waals surface area (Å²) in [6, 6.07) is 0. The highest BCUT2D eigenvalue weighted by molar-refractivity contribution is 6.01. The largest absolute Gasteiger partial charge is 0.466 e. The molecular weight excluding hydrogens is 388 g/mol. The van der Waals surface area contributed by atoms with E-state index in [1.807, 2.05) is 6.92 Å². The lowest BCUT2D eigenvalue weighted by Crippen LogP contribution is -2.68. The summed E-state index contributed by atoms with van der Waals surface area (Å²) >= 11 is 0. The molecule has 160 valence electrons. The van der Waals surface area contributed by atoms with Gasteiger partial charge in [0.15, 0.2) is 11.5 Å². The van der Waals surface area contributed by atoms with E-state index in [1.165, 1.54) is 13.8 Å². The highest BCUT2D eigenvalue weighted by Crippen LogP contribution is 2.71. The van der Waals surface area contributed by atoms with Crippen molar-refractivity contribution in [2.45, 2.75) is 64.2 Å². The topological polar surface area (TPSA) is 43.4 Å². The van der Waals surface area contributed by atoms with Gasteiger partial charge < -0.3 is 4.74 Å². The normalized spacial score (nSPS) is 47.7. The van der Waals surface area contributed by atoms with Gasteiger partial charge in [0.1, 0.15) is 6.17 Å². The van der Waals surface area contributed by atoms with Crippen LogP contribution in [0.3, 0.4) is 0 Å². The molecule has 29 heavy (non-hydrogen) atoms. The second-order valence-electron chi connectivity index (χ2n) is 9.82. The summed E-state index contributed by atoms with van der Waals surface area (Å²) in [7, 11) is 0. The van der Waals surface area contributed by atoms with Crippen LogP contribution in [0, 0.1) is 28.6 Å². The second-order valence-corrected chi connectivity index (χ2v) is 9.82. The van der Waals surface area contributed by atoms with E-state index in [0.29, 0.717) is 12.8 Å². The Bertz CT molecular complexity index is 821. The smallest absolute Gasteiger partial charge is 0.302 e. The van der Waals surface area contributed by atoms with Crippen molar-refractivity contribution in [3.63, 3.8) is 0 Å². The van der Waals surface area contributed by atoms with E-state index in [2.05, 4.69) is 0 Å². The van der Waals surface area contributed by atoms with Crippen LogP contribution < -0.4 is 0 Å². The molecule has 0 N–H and O–H groups in total. The van der Waals surface area contributed by atoms with Gasteiger partial charge in [-0.05, 0) is 55.6 Å². The maximum absolute atomic E-state index is 16.7. The van der Waals surface area contributed by atoms with Crippen LogP contribution >= 0.6 is 0 Å². The summed E-state index contributed by atoms with van der Waals surface area (Å²) < 4.78 is 67.6. The fourth-order valence-corrected chi connectivity index (χ4v) is 6.75. The minimum absolute atomic E-state index is 0.0720. The molecule has 0 heterocycles. The number of carbonyl (C=O) groups is 2. The molecule has 4 aliphatic rings. The van der Waals surface area contributed by atoms with E-state index in [1.54, 1.807) is 0 Å². The van der Waals surface area contributed by atoms with Crippen LogP contribution in [0.2, 0.25) is 0 Å². The fraction of sp³-hybridized carbons (Fsp3) is 0.727. The third-order valence-corrected chi connectivity index (χ3v) is 7.98. The molecule has 0 aromatic rings. The Morgan fingerprint density at radius 3 is 2.52 bits per heavy atom. The molecular formula is C22H26F4O3. The summed E-state index contributed by atoms with van der Waals surface area (Å²) in [6.07, 6.45) is 1.12. The average molecular weight is 414 g/mol. The van der Waals surface area contributed by atoms with E-state index in [-0.39, 0.29) is 18.9 Å². The molecule has 0 amide bonds. The van der Waals surface area contributed by atoms with E-state index in [4.69, 9.17) is 4.74 Å². The molecule has 7 heteroatoms. The number of allylic oxidation sites excluding steroid dienone is 4. The lowest BCUT2D eigenvalue weighted by Gasteiger charge is -2.61. The van der Waals surface area contributed by atoms with Crippen molar-refractivity contribution in [3.8, 4) is 0 Å². The van der Waals surface area contributed by atoms with Crippen molar-refractivity contribution in [1.82, 2.24) is 0 Å². The van der Waals surface area contributed by atoms with E-state index >= 15 is 17.6 Å². The fourth-order valence-electron chi connectivity index (χ4n) is 6.75. The van der Waals surface area contributed by atoms with Gasteiger partial charge in [0, 0.05) is 24.8 Å². The first-order valence-corrected chi connectivity index (χ1v) is 10.1. The lowest BCUT2D eigenvalue weighted by molar-refractivity contribution is -0.203. The predicted octanol–water partition coefficient (Wildman–Crippen LogP) is 4.76. The standard InChI is InChI=1S/C22H26F4O3/c1-12(27)29-11-13-6-15-16-9-21(24,25)17-7-14(28)4-5-20(17,3)22(16,26)18(23)10-19(15,2)8-13/h4-5,7,13,15-16,18H,6,8-11H2,1-3H3/t13-,15+,16+,18+,19+,20+,22+/m1/s1. The maximum atomic E-state index is 16.7. The number of rotatable bonds is 2. The van der Waals surface area contributed by atoms with Crippen molar-refractivity contribution in [2.75, 3.05) is 6.61 Å². The average Bonchev–Trinajstić information content (AvgIpc) is 2.94. The van der Waals surface area contributed by atoms with E-state index < -0.39 is 64.2 Å². The Morgan fingerprint density at radius 1 is 1.17 bits per heavy atom. The van der Waals surface area contributed by atoms with Crippen molar-refractivity contribution < 1.29 is 31.9 Å². The summed E-state index contributed by atoms with van der Waals surface area (Å²) in [4.78, 5) is 22.9. The predicted molar refractivity (Wildman–Crippen MR) is 97.7 cm³/mol. The first-order valence-electron chi connectivity index (χ1n) is 10.1. The summed E-state index contributed by atoms with van der Waals surface area (Å²) in [5, 5.41) is 0. The van der Waals surface area contributed by atoms with Crippen LogP contribution in [0.25, 0.3) is 0 Å². The van der Waals surface area contributed by atoms with Crippen LogP contribution in [0.1, 0.15) is 46.5 Å². The number of hydrogen-bond donors (Lipinski definition) is 0. The molecule has 4 aliphatic carbocycles. The van der Waals surface area contributed by atoms with Crippen molar-refractivity contribution >= 4 is 11.8 Å². The third kappa shape index (κ3) is 2.75. The van der Waals surface area contributed by atoms with E-state index in [0.717, 1.165) is 18.2 Å². The Labute approximate surface area is 167 Å².